The molecule has 1 heterocycles. The maximum Gasteiger partial charge on any atom is 0.0992 e. The van der Waals surface area contributed by atoms with Crippen molar-refractivity contribution in [2.24, 2.45) is 0 Å². The molecule has 1 aliphatic heterocycles. The highest BCUT2D eigenvalue weighted by atomic mass is 79.9. The van der Waals surface area contributed by atoms with Crippen molar-refractivity contribution in [1.82, 2.24) is 4.90 Å². The molecule has 102 valence electrons. The van der Waals surface area contributed by atoms with Crippen molar-refractivity contribution in [3.63, 3.8) is 0 Å². The first-order valence-electron chi connectivity index (χ1n) is 6.88. The van der Waals surface area contributed by atoms with Gasteiger partial charge >= 0.3 is 0 Å². The molecule has 0 spiro atoms. The van der Waals surface area contributed by atoms with E-state index in [1.54, 1.807) is 0 Å². The van der Waals surface area contributed by atoms with Gasteiger partial charge in [-0.2, -0.15) is 5.26 Å². The van der Waals surface area contributed by atoms with E-state index in [1.807, 2.05) is 18.2 Å². The summed E-state index contributed by atoms with van der Waals surface area (Å²) in [6, 6.07) is 8.67. The van der Waals surface area contributed by atoms with Gasteiger partial charge in [-0.15, -0.1) is 0 Å². The number of likely N-dealkylation sites (N-methyl/N-ethyl adjacent to an activating group) is 1. The Kier molecular flexibility index (Phi) is 4.84. The van der Waals surface area contributed by atoms with Crippen molar-refractivity contribution in [2.75, 3.05) is 31.1 Å². The van der Waals surface area contributed by atoms with E-state index in [-0.39, 0.29) is 0 Å². The number of nitriles is 1. The average Bonchev–Trinajstić information content (AvgIpc) is 2.89. The summed E-state index contributed by atoms with van der Waals surface area (Å²) in [6.45, 7) is 8.85. The fraction of sp³-hybridized carbons (Fsp3) is 0.533. The Morgan fingerprint density at radius 3 is 2.74 bits per heavy atom. The third kappa shape index (κ3) is 3.10. The highest BCUT2D eigenvalue weighted by Crippen LogP contribution is 2.30. The Labute approximate surface area is 123 Å². The van der Waals surface area contributed by atoms with Gasteiger partial charge in [-0.25, -0.2) is 0 Å². The molecule has 1 unspecified atom stereocenters. The first-order valence-corrected chi connectivity index (χ1v) is 7.67. The third-order valence-electron chi connectivity index (χ3n) is 3.91. The number of anilines is 1. The van der Waals surface area contributed by atoms with Gasteiger partial charge in [-0.3, -0.25) is 4.90 Å². The van der Waals surface area contributed by atoms with Crippen LogP contribution in [0.4, 0.5) is 5.69 Å². The minimum absolute atomic E-state index is 0.651. The predicted molar refractivity (Wildman–Crippen MR) is 82.4 cm³/mol. The summed E-state index contributed by atoms with van der Waals surface area (Å²) in [5.41, 5.74) is 1.91. The van der Waals surface area contributed by atoms with Gasteiger partial charge in [0.05, 0.1) is 17.3 Å². The topological polar surface area (TPSA) is 30.3 Å². The van der Waals surface area contributed by atoms with Gasteiger partial charge < -0.3 is 4.90 Å². The molecular weight excluding hydrogens is 302 g/mol. The summed E-state index contributed by atoms with van der Waals surface area (Å²) in [5.74, 6) is 0. The van der Waals surface area contributed by atoms with Crippen LogP contribution in [0.25, 0.3) is 0 Å². The van der Waals surface area contributed by atoms with Gasteiger partial charge in [-0.1, -0.05) is 13.8 Å². The summed E-state index contributed by atoms with van der Waals surface area (Å²) in [5, 5.41) is 8.91. The van der Waals surface area contributed by atoms with Crippen LogP contribution in [0.2, 0.25) is 0 Å². The Morgan fingerprint density at radius 2 is 2.16 bits per heavy atom. The quantitative estimate of drug-likeness (QED) is 0.852. The molecule has 0 saturated carbocycles. The van der Waals surface area contributed by atoms with Crippen LogP contribution >= 0.6 is 15.9 Å². The predicted octanol–water partition coefficient (Wildman–Crippen LogP) is 3.24. The van der Waals surface area contributed by atoms with E-state index >= 15 is 0 Å². The minimum atomic E-state index is 0.651. The molecule has 0 N–H and O–H groups in total. The summed E-state index contributed by atoms with van der Waals surface area (Å²) in [7, 11) is 0. The van der Waals surface area contributed by atoms with Crippen molar-refractivity contribution >= 4 is 21.6 Å². The van der Waals surface area contributed by atoms with Crippen molar-refractivity contribution in [3.8, 4) is 6.07 Å². The van der Waals surface area contributed by atoms with E-state index < -0.39 is 0 Å². The molecular formula is C15H20BrN3. The summed E-state index contributed by atoms with van der Waals surface area (Å²) in [4.78, 5) is 4.94. The first kappa shape index (κ1) is 14.4. The summed E-state index contributed by atoms with van der Waals surface area (Å²) < 4.78 is 1.02. The number of rotatable bonds is 4. The Bertz CT molecular complexity index is 477. The smallest absolute Gasteiger partial charge is 0.0992 e. The molecule has 0 aromatic heterocycles. The normalized spacial score (nSPS) is 18.9. The van der Waals surface area contributed by atoms with Crippen LogP contribution in [0.5, 0.6) is 0 Å². The van der Waals surface area contributed by atoms with Crippen molar-refractivity contribution in [2.45, 2.75) is 26.3 Å². The van der Waals surface area contributed by atoms with Crippen LogP contribution in [0.1, 0.15) is 25.8 Å². The summed E-state index contributed by atoms with van der Waals surface area (Å²) >= 11 is 3.58. The van der Waals surface area contributed by atoms with Crippen molar-refractivity contribution in [3.05, 3.63) is 28.2 Å². The fourth-order valence-corrected chi connectivity index (χ4v) is 3.46. The highest BCUT2D eigenvalue weighted by molar-refractivity contribution is 9.10. The van der Waals surface area contributed by atoms with E-state index in [0.717, 1.165) is 30.7 Å². The molecule has 2 rings (SSSR count). The molecule has 0 aliphatic carbocycles. The molecule has 1 aliphatic rings. The average molecular weight is 322 g/mol. The molecule has 4 heteroatoms. The van der Waals surface area contributed by atoms with Gasteiger partial charge in [0.15, 0.2) is 0 Å². The molecule has 0 amide bonds. The zero-order valence-corrected chi connectivity index (χ0v) is 13.2. The second kappa shape index (κ2) is 6.40. The number of hydrogen-bond acceptors (Lipinski definition) is 3. The van der Waals surface area contributed by atoms with Gasteiger partial charge in [-0.05, 0) is 53.6 Å². The zero-order valence-electron chi connectivity index (χ0n) is 11.6. The van der Waals surface area contributed by atoms with E-state index in [9.17, 15) is 0 Å². The lowest BCUT2D eigenvalue weighted by Crippen LogP contribution is -2.37. The molecule has 1 fully saturated rings. The van der Waals surface area contributed by atoms with E-state index in [1.165, 1.54) is 12.1 Å². The van der Waals surface area contributed by atoms with E-state index in [0.29, 0.717) is 11.6 Å². The van der Waals surface area contributed by atoms with Gasteiger partial charge in [0.1, 0.15) is 0 Å². The Balaban J connectivity index is 2.11. The van der Waals surface area contributed by atoms with E-state index in [2.05, 4.69) is 45.6 Å². The number of hydrogen-bond donors (Lipinski definition) is 0. The Hall–Kier alpha value is -1.05. The maximum atomic E-state index is 8.91. The number of benzene rings is 1. The molecule has 3 nitrogen and oxygen atoms in total. The molecule has 0 bridgehead atoms. The van der Waals surface area contributed by atoms with Crippen LogP contribution < -0.4 is 4.90 Å². The Morgan fingerprint density at radius 1 is 1.42 bits per heavy atom. The van der Waals surface area contributed by atoms with Crippen LogP contribution in [-0.2, 0) is 0 Å². The van der Waals surface area contributed by atoms with Gasteiger partial charge in [0.25, 0.3) is 0 Å². The monoisotopic (exact) mass is 321 g/mol. The first-order chi connectivity index (χ1) is 9.19. The lowest BCUT2D eigenvalue weighted by Gasteiger charge is -2.27. The second-order valence-corrected chi connectivity index (χ2v) is 5.74. The fourth-order valence-electron chi connectivity index (χ4n) is 2.83. The highest BCUT2D eigenvalue weighted by Gasteiger charge is 2.27. The minimum Gasteiger partial charge on any atom is -0.369 e. The molecule has 1 atom stereocenters. The van der Waals surface area contributed by atoms with Crippen molar-refractivity contribution in [1.29, 1.82) is 5.26 Å². The molecule has 1 saturated heterocycles. The largest absolute Gasteiger partial charge is 0.369 e. The SMILES string of the molecule is CCN(CC)C1CCN(c2ccc(C#N)cc2Br)C1. The second-order valence-electron chi connectivity index (χ2n) is 4.89. The molecule has 1 aromatic rings. The number of nitrogens with zero attached hydrogens (tertiary/aromatic N) is 3. The molecule has 19 heavy (non-hydrogen) atoms. The number of halogens is 1. The van der Waals surface area contributed by atoms with Crippen molar-refractivity contribution < 1.29 is 0 Å². The maximum absolute atomic E-state index is 8.91. The lowest BCUT2D eigenvalue weighted by molar-refractivity contribution is 0.232. The lowest BCUT2D eigenvalue weighted by atomic mass is 10.2. The standard InChI is InChI=1S/C15H20BrN3/c1-3-18(4-2)13-7-8-19(11-13)15-6-5-12(10-17)9-14(15)16/h5-6,9,13H,3-4,7-8,11H2,1-2H3. The van der Waals surface area contributed by atoms with Crippen LogP contribution in [-0.4, -0.2) is 37.1 Å². The van der Waals surface area contributed by atoms with Crippen LogP contribution in [0.3, 0.4) is 0 Å². The van der Waals surface area contributed by atoms with E-state index in [4.69, 9.17) is 5.26 Å². The van der Waals surface area contributed by atoms with Crippen LogP contribution in [0.15, 0.2) is 22.7 Å². The zero-order chi connectivity index (χ0) is 13.8. The van der Waals surface area contributed by atoms with Gasteiger partial charge in [0.2, 0.25) is 0 Å². The molecule has 0 radical (unpaired) electrons. The summed E-state index contributed by atoms with van der Waals surface area (Å²) in [6.07, 6.45) is 1.22. The third-order valence-corrected chi connectivity index (χ3v) is 4.54. The molecule has 1 aromatic carbocycles. The van der Waals surface area contributed by atoms with Crippen LogP contribution in [0, 0.1) is 11.3 Å². The van der Waals surface area contributed by atoms with Gasteiger partial charge in [0, 0.05) is 23.6 Å².